The van der Waals surface area contributed by atoms with E-state index in [-0.39, 0.29) is 31.1 Å². The molecule has 0 rings (SSSR count). The monoisotopic (exact) mass is 695 g/mol. The lowest BCUT2D eigenvalue weighted by atomic mass is 10.1. The molecule has 0 amide bonds. The molecule has 0 fully saturated rings. The molecule has 0 aromatic rings. The summed E-state index contributed by atoms with van der Waals surface area (Å²) in [4.78, 5) is 37.4. The number of unbranched alkanes of at least 4 members (excludes halogenated alkanes) is 11. The first kappa shape index (κ1) is 46.6. The Labute approximate surface area is 305 Å². The van der Waals surface area contributed by atoms with Gasteiger partial charge in [-0.2, -0.15) is 0 Å². The van der Waals surface area contributed by atoms with Gasteiger partial charge in [0.05, 0.1) is 0 Å². The standard InChI is InChI=1S/C44H70O6/c1-4-7-10-13-16-19-21-22-23-26-28-31-34-37-43(46)49-40-41(39-48-42(45)36-33-30-27-24-18-15-12-9-6-3)50-44(47)38-35-32-29-25-20-17-14-11-8-5-2/h7,9-10,12-14,16-19,21-24,41H,4-6,8,11,15,20,25-40H2,1-3H3/b10-7-,12-9-,16-13-,17-14-,21-19-,23-22-,24-18-. The minimum atomic E-state index is -0.807. The fraction of sp³-hybridized carbons (Fsp3) is 0.614. The molecule has 0 radical (unpaired) electrons. The number of hydrogen-bond acceptors (Lipinski definition) is 6. The van der Waals surface area contributed by atoms with Crippen molar-refractivity contribution in [1.82, 2.24) is 0 Å². The predicted molar refractivity (Wildman–Crippen MR) is 210 cm³/mol. The van der Waals surface area contributed by atoms with Crippen LogP contribution in [-0.2, 0) is 28.6 Å². The minimum absolute atomic E-state index is 0.113. The molecule has 0 aliphatic carbocycles. The second kappa shape index (κ2) is 38.4. The average molecular weight is 695 g/mol. The van der Waals surface area contributed by atoms with Crippen molar-refractivity contribution in [3.8, 4) is 0 Å². The minimum Gasteiger partial charge on any atom is -0.462 e. The van der Waals surface area contributed by atoms with E-state index in [1.165, 1.54) is 12.8 Å². The van der Waals surface area contributed by atoms with Crippen LogP contribution in [0.25, 0.3) is 0 Å². The Morgan fingerprint density at radius 3 is 1.50 bits per heavy atom. The van der Waals surface area contributed by atoms with Gasteiger partial charge in [0.2, 0.25) is 0 Å². The van der Waals surface area contributed by atoms with Crippen molar-refractivity contribution in [1.29, 1.82) is 0 Å². The van der Waals surface area contributed by atoms with Crippen molar-refractivity contribution in [2.45, 2.75) is 162 Å². The summed E-state index contributed by atoms with van der Waals surface area (Å²) in [6, 6.07) is 0. The van der Waals surface area contributed by atoms with Gasteiger partial charge in [0.1, 0.15) is 13.2 Å². The summed E-state index contributed by atoms with van der Waals surface area (Å²) in [7, 11) is 0. The van der Waals surface area contributed by atoms with E-state index in [1.807, 2.05) is 36.5 Å². The molecule has 0 heterocycles. The third-order valence-corrected chi connectivity index (χ3v) is 7.71. The highest BCUT2D eigenvalue weighted by atomic mass is 16.6. The van der Waals surface area contributed by atoms with Gasteiger partial charge in [0.25, 0.3) is 0 Å². The lowest BCUT2D eigenvalue weighted by molar-refractivity contribution is -0.167. The average Bonchev–Trinajstić information content (AvgIpc) is 3.11. The van der Waals surface area contributed by atoms with Gasteiger partial charge in [-0.25, -0.2) is 0 Å². The van der Waals surface area contributed by atoms with E-state index in [0.29, 0.717) is 19.3 Å². The quantitative estimate of drug-likeness (QED) is 0.0224. The molecule has 0 saturated carbocycles. The lowest BCUT2D eigenvalue weighted by Gasteiger charge is -2.18. The maximum absolute atomic E-state index is 12.6. The van der Waals surface area contributed by atoms with Gasteiger partial charge >= 0.3 is 17.9 Å². The van der Waals surface area contributed by atoms with E-state index in [2.05, 4.69) is 69.4 Å². The molecule has 0 aromatic heterocycles. The smallest absolute Gasteiger partial charge is 0.306 e. The zero-order valence-corrected chi connectivity index (χ0v) is 31.9. The predicted octanol–water partition coefficient (Wildman–Crippen LogP) is 12.1. The van der Waals surface area contributed by atoms with E-state index in [4.69, 9.17) is 14.2 Å². The third-order valence-electron chi connectivity index (χ3n) is 7.71. The number of carbonyl (C=O) groups is 3. The van der Waals surface area contributed by atoms with Crippen LogP contribution in [0.2, 0.25) is 0 Å². The summed E-state index contributed by atoms with van der Waals surface area (Å²) < 4.78 is 16.5. The molecule has 0 bridgehead atoms. The summed E-state index contributed by atoms with van der Waals surface area (Å²) in [6.07, 6.45) is 47.2. The van der Waals surface area contributed by atoms with E-state index < -0.39 is 6.10 Å². The summed E-state index contributed by atoms with van der Waals surface area (Å²) in [5.41, 5.74) is 0. The highest BCUT2D eigenvalue weighted by Gasteiger charge is 2.19. The van der Waals surface area contributed by atoms with Crippen molar-refractivity contribution in [2.75, 3.05) is 13.2 Å². The Morgan fingerprint density at radius 1 is 0.440 bits per heavy atom. The number of hydrogen-bond donors (Lipinski definition) is 0. The molecule has 0 spiro atoms. The molecule has 50 heavy (non-hydrogen) atoms. The van der Waals surface area contributed by atoms with E-state index in [1.54, 1.807) is 0 Å². The molecule has 0 aliphatic rings. The first-order valence-corrected chi connectivity index (χ1v) is 19.6. The van der Waals surface area contributed by atoms with Crippen molar-refractivity contribution < 1.29 is 28.6 Å². The third kappa shape index (κ3) is 35.9. The Bertz CT molecular complexity index is 1030. The molecule has 6 nitrogen and oxygen atoms in total. The molecular formula is C44H70O6. The number of rotatable bonds is 33. The van der Waals surface area contributed by atoms with Crippen LogP contribution in [0.5, 0.6) is 0 Å². The van der Waals surface area contributed by atoms with Gasteiger partial charge < -0.3 is 14.2 Å². The maximum Gasteiger partial charge on any atom is 0.306 e. The van der Waals surface area contributed by atoms with Crippen LogP contribution >= 0.6 is 0 Å². The molecule has 0 aliphatic heterocycles. The molecule has 0 saturated heterocycles. The van der Waals surface area contributed by atoms with Crippen LogP contribution < -0.4 is 0 Å². The van der Waals surface area contributed by atoms with Gasteiger partial charge in [0, 0.05) is 19.3 Å². The molecule has 1 unspecified atom stereocenters. The highest BCUT2D eigenvalue weighted by molar-refractivity contribution is 5.71. The lowest BCUT2D eigenvalue weighted by Crippen LogP contribution is -2.30. The van der Waals surface area contributed by atoms with Gasteiger partial charge in [-0.3, -0.25) is 14.4 Å². The Morgan fingerprint density at radius 2 is 0.880 bits per heavy atom. The molecule has 0 N–H and O–H groups in total. The van der Waals surface area contributed by atoms with E-state index >= 15 is 0 Å². The largest absolute Gasteiger partial charge is 0.462 e. The van der Waals surface area contributed by atoms with E-state index in [0.717, 1.165) is 103 Å². The molecular weight excluding hydrogens is 624 g/mol. The number of allylic oxidation sites excluding steroid dienone is 14. The van der Waals surface area contributed by atoms with Gasteiger partial charge in [-0.1, -0.05) is 138 Å². The number of ether oxygens (including phenoxy) is 3. The summed E-state index contributed by atoms with van der Waals surface area (Å²) in [5, 5.41) is 0. The normalized spacial score (nSPS) is 12.9. The molecule has 282 valence electrons. The molecule has 0 aromatic carbocycles. The Balaban J connectivity index is 4.52. The van der Waals surface area contributed by atoms with Crippen LogP contribution in [0.3, 0.4) is 0 Å². The zero-order valence-electron chi connectivity index (χ0n) is 31.9. The van der Waals surface area contributed by atoms with Crippen LogP contribution in [0.15, 0.2) is 85.1 Å². The SMILES string of the molecule is CC\C=C/C=C\C=C/C=C\CCCCCC(=O)OCC(COC(=O)CCCC/C=C\C/C=C\CC)OC(=O)CCCCCC/C=C\CCCC. The fourth-order valence-corrected chi connectivity index (χ4v) is 4.76. The Kier molecular flexibility index (Phi) is 35.8. The Hall–Kier alpha value is -3.41. The van der Waals surface area contributed by atoms with Crippen molar-refractivity contribution in [3.63, 3.8) is 0 Å². The number of esters is 3. The van der Waals surface area contributed by atoms with Crippen molar-refractivity contribution in [3.05, 3.63) is 85.1 Å². The molecule has 6 heteroatoms. The summed E-state index contributed by atoms with van der Waals surface area (Å²) in [6.45, 7) is 6.20. The molecule has 1 atom stereocenters. The van der Waals surface area contributed by atoms with Gasteiger partial charge in [0.15, 0.2) is 6.10 Å². The van der Waals surface area contributed by atoms with Crippen LogP contribution in [-0.4, -0.2) is 37.2 Å². The zero-order chi connectivity index (χ0) is 36.6. The van der Waals surface area contributed by atoms with Crippen molar-refractivity contribution in [2.24, 2.45) is 0 Å². The summed E-state index contributed by atoms with van der Waals surface area (Å²) in [5.74, 6) is -1.02. The van der Waals surface area contributed by atoms with Crippen LogP contribution in [0.4, 0.5) is 0 Å². The second-order valence-corrected chi connectivity index (χ2v) is 12.5. The topological polar surface area (TPSA) is 78.9 Å². The van der Waals surface area contributed by atoms with E-state index in [9.17, 15) is 14.4 Å². The maximum atomic E-state index is 12.6. The first-order chi connectivity index (χ1) is 24.5. The van der Waals surface area contributed by atoms with Crippen molar-refractivity contribution >= 4 is 17.9 Å². The first-order valence-electron chi connectivity index (χ1n) is 19.6. The highest BCUT2D eigenvalue weighted by Crippen LogP contribution is 2.11. The van der Waals surface area contributed by atoms with Gasteiger partial charge in [-0.05, 0) is 83.5 Å². The second-order valence-electron chi connectivity index (χ2n) is 12.5. The number of carbonyl (C=O) groups excluding carboxylic acids is 3. The fourth-order valence-electron chi connectivity index (χ4n) is 4.76. The van der Waals surface area contributed by atoms with Crippen LogP contribution in [0, 0.1) is 0 Å². The van der Waals surface area contributed by atoms with Gasteiger partial charge in [-0.15, -0.1) is 0 Å². The van der Waals surface area contributed by atoms with Crippen LogP contribution in [0.1, 0.15) is 156 Å². The summed E-state index contributed by atoms with van der Waals surface area (Å²) >= 11 is 0.